The highest BCUT2D eigenvalue weighted by atomic mass is 16.6. The number of rotatable bonds is 32. The Hall–Kier alpha value is -1.62. The fourth-order valence-corrected chi connectivity index (χ4v) is 4.99. The van der Waals surface area contributed by atoms with Crippen molar-refractivity contribution in [3.8, 4) is 0 Å². The van der Waals surface area contributed by atoms with Gasteiger partial charge in [-0.05, 0) is 44.9 Å². The summed E-state index contributed by atoms with van der Waals surface area (Å²) >= 11 is 0. The summed E-state index contributed by atoms with van der Waals surface area (Å²) in [6.45, 7) is 4.09. The van der Waals surface area contributed by atoms with Gasteiger partial charge >= 0.3 is 11.9 Å². The quantitative estimate of drug-likeness (QED) is 0.0478. The Kier molecular flexibility index (Phi) is 32.6. The lowest BCUT2D eigenvalue weighted by molar-refractivity contribution is -0.161. The number of esters is 2. The van der Waals surface area contributed by atoms with Crippen molar-refractivity contribution in [3.63, 3.8) is 0 Å². The van der Waals surface area contributed by atoms with Crippen LogP contribution in [0.1, 0.15) is 181 Å². The van der Waals surface area contributed by atoms with Crippen LogP contribution in [0.4, 0.5) is 0 Å². The van der Waals surface area contributed by atoms with Crippen molar-refractivity contribution in [2.45, 2.75) is 187 Å². The summed E-state index contributed by atoms with van der Waals surface area (Å²) in [5.41, 5.74) is 0. The number of hydrogen-bond donors (Lipinski definition) is 1. The third-order valence-electron chi connectivity index (χ3n) is 7.75. The summed E-state index contributed by atoms with van der Waals surface area (Å²) in [6, 6.07) is 0. The lowest BCUT2D eigenvalue weighted by Crippen LogP contribution is -2.28. The molecule has 0 aliphatic rings. The Morgan fingerprint density at radius 1 is 0.548 bits per heavy atom. The molecule has 1 N–H and O–H groups in total. The molecule has 246 valence electrons. The van der Waals surface area contributed by atoms with Crippen molar-refractivity contribution in [3.05, 3.63) is 24.3 Å². The molecule has 0 aromatic carbocycles. The van der Waals surface area contributed by atoms with E-state index >= 15 is 0 Å². The van der Waals surface area contributed by atoms with Gasteiger partial charge in [-0.25, -0.2) is 0 Å². The van der Waals surface area contributed by atoms with Crippen LogP contribution in [0.15, 0.2) is 24.3 Å². The molecule has 42 heavy (non-hydrogen) atoms. The molecule has 1 atom stereocenters. The van der Waals surface area contributed by atoms with E-state index in [0.717, 1.165) is 51.4 Å². The zero-order valence-corrected chi connectivity index (χ0v) is 27.8. The lowest BCUT2D eigenvalue weighted by Gasteiger charge is -2.15. The Bertz CT molecular complexity index is 642. The van der Waals surface area contributed by atoms with Gasteiger partial charge in [0.05, 0.1) is 6.61 Å². The van der Waals surface area contributed by atoms with Crippen LogP contribution in [0.5, 0.6) is 0 Å². The van der Waals surface area contributed by atoms with E-state index in [1.54, 1.807) is 0 Å². The first-order valence-corrected chi connectivity index (χ1v) is 17.9. The van der Waals surface area contributed by atoms with E-state index in [1.165, 1.54) is 103 Å². The fraction of sp³-hybridized carbons (Fsp3) is 0.838. The number of aliphatic hydroxyl groups excluding tert-OH is 1. The number of aliphatic hydroxyl groups is 1. The molecule has 0 saturated heterocycles. The molecule has 1 unspecified atom stereocenters. The number of hydrogen-bond acceptors (Lipinski definition) is 5. The van der Waals surface area contributed by atoms with E-state index in [1.807, 2.05) is 0 Å². The molecule has 0 aliphatic carbocycles. The van der Waals surface area contributed by atoms with Crippen molar-refractivity contribution in [1.82, 2.24) is 0 Å². The Balaban J connectivity index is 3.58. The van der Waals surface area contributed by atoms with Gasteiger partial charge in [0, 0.05) is 12.8 Å². The van der Waals surface area contributed by atoms with E-state index in [4.69, 9.17) is 9.47 Å². The zero-order chi connectivity index (χ0) is 30.8. The Labute approximate surface area is 260 Å². The van der Waals surface area contributed by atoms with Crippen LogP contribution in [-0.2, 0) is 19.1 Å². The average molecular weight is 593 g/mol. The van der Waals surface area contributed by atoms with Gasteiger partial charge < -0.3 is 14.6 Å². The van der Waals surface area contributed by atoms with Gasteiger partial charge in [0.2, 0.25) is 0 Å². The topological polar surface area (TPSA) is 72.8 Å². The molecule has 0 bridgehead atoms. The predicted octanol–water partition coefficient (Wildman–Crippen LogP) is 10.7. The number of allylic oxidation sites excluding steroid dienone is 4. The summed E-state index contributed by atoms with van der Waals surface area (Å²) in [4.78, 5) is 24.1. The van der Waals surface area contributed by atoms with Crippen molar-refractivity contribution >= 4 is 11.9 Å². The third kappa shape index (κ3) is 31.3. The van der Waals surface area contributed by atoms with Gasteiger partial charge in [0.1, 0.15) is 6.61 Å². The molecule has 5 nitrogen and oxygen atoms in total. The maximum Gasteiger partial charge on any atom is 0.306 e. The van der Waals surface area contributed by atoms with Crippen LogP contribution in [-0.4, -0.2) is 36.4 Å². The second-order valence-electron chi connectivity index (χ2n) is 12.0. The monoisotopic (exact) mass is 593 g/mol. The van der Waals surface area contributed by atoms with Crippen LogP contribution in [0, 0.1) is 0 Å². The summed E-state index contributed by atoms with van der Waals surface area (Å²) in [5.74, 6) is -0.603. The van der Waals surface area contributed by atoms with Gasteiger partial charge in [-0.1, -0.05) is 147 Å². The summed E-state index contributed by atoms with van der Waals surface area (Å²) < 4.78 is 10.6. The number of carbonyl (C=O) groups excluding carboxylic acids is 2. The average Bonchev–Trinajstić information content (AvgIpc) is 2.99. The van der Waals surface area contributed by atoms with Gasteiger partial charge in [-0.15, -0.1) is 0 Å². The van der Waals surface area contributed by atoms with E-state index in [9.17, 15) is 14.7 Å². The molecule has 0 heterocycles. The first-order valence-electron chi connectivity index (χ1n) is 17.9. The van der Waals surface area contributed by atoms with Crippen LogP contribution in [0.3, 0.4) is 0 Å². The molecule has 0 aromatic heterocycles. The van der Waals surface area contributed by atoms with E-state index in [2.05, 4.69) is 38.2 Å². The number of ether oxygens (including phenoxy) is 2. The van der Waals surface area contributed by atoms with Crippen molar-refractivity contribution in [1.29, 1.82) is 0 Å². The summed E-state index contributed by atoms with van der Waals surface area (Å²) in [5, 5.41) is 9.51. The van der Waals surface area contributed by atoms with Crippen LogP contribution in [0.2, 0.25) is 0 Å². The maximum atomic E-state index is 12.1. The van der Waals surface area contributed by atoms with Gasteiger partial charge in [-0.2, -0.15) is 0 Å². The highest BCUT2D eigenvalue weighted by Crippen LogP contribution is 2.14. The summed E-state index contributed by atoms with van der Waals surface area (Å²) in [7, 11) is 0. The highest BCUT2D eigenvalue weighted by molar-refractivity contribution is 5.70. The van der Waals surface area contributed by atoms with Crippen molar-refractivity contribution in [2.24, 2.45) is 0 Å². The SMILES string of the molecule is CCCCC/C=C\C/C=C\CCCCCCCC(=O)OCC(CO)OC(=O)CCCCCCCCCCCCCCC. The molecule has 0 amide bonds. The van der Waals surface area contributed by atoms with Gasteiger partial charge in [-0.3, -0.25) is 9.59 Å². The third-order valence-corrected chi connectivity index (χ3v) is 7.75. The highest BCUT2D eigenvalue weighted by Gasteiger charge is 2.16. The molecule has 0 aromatic rings. The van der Waals surface area contributed by atoms with Crippen LogP contribution in [0.25, 0.3) is 0 Å². The maximum absolute atomic E-state index is 12.1. The number of carbonyl (C=O) groups is 2. The first kappa shape index (κ1) is 40.4. The normalized spacial score (nSPS) is 12.4. The molecule has 0 fully saturated rings. The molecule has 0 aliphatic heterocycles. The second kappa shape index (κ2) is 33.9. The molecule has 5 heteroatoms. The minimum atomic E-state index is -0.770. The van der Waals surface area contributed by atoms with Crippen LogP contribution >= 0.6 is 0 Å². The zero-order valence-electron chi connectivity index (χ0n) is 27.8. The fourth-order valence-electron chi connectivity index (χ4n) is 4.99. The minimum Gasteiger partial charge on any atom is -0.462 e. The Morgan fingerprint density at radius 3 is 1.45 bits per heavy atom. The molecule has 0 spiro atoms. The molecule has 0 saturated carbocycles. The van der Waals surface area contributed by atoms with E-state index < -0.39 is 6.10 Å². The van der Waals surface area contributed by atoms with E-state index in [-0.39, 0.29) is 25.2 Å². The molecular formula is C37H68O5. The Morgan fingerprint density at radius 2 is 0.952 bits per heavy atom. The lowest BCUT2D eigenvalue weighted by atomic mass is 10.0. The first-order chi connectivity index (χ1) is 20.6. The minimum absolute atomic E-state index is 0.0695. The smallest absolute Gasteiger partial charge is 0.306 e. The predicted molar refractivity (Wildman–Crippen MR) is 178 cm³/mol. The van der Waals surface area contributed by atoms with Gasteiger partial charge in [0.15, 0.2) is 6.10 Å². The summed E-state index contributed by atoms with van der Waals surface area (Å²) in [6.07, 6.45) is 38.0. The molecule has 0 rings (SSSR count). The second-order valence-corrected chi connectivity index (χ2v) is 12.0. The van der Waals surface area contributed by atoms with Gasteiger partial charge in [0.25, 0.3) is 0 Å². The molecule has 0 radical (unpaired) electrons. The largest absolute Gasteiger partial charge is 0.462 e. The number of unbranched alkanes of at least 4 members (excludes halogenated alkanes) is 20. The van der Waals surface area contributed by atoms with Crippen molar-refractivity contribution < 1.29 is 24.2 Å². The van der Waals surface area contributed by atoms with Crippen molar-refractivity contribution in [2.75, 3.05) is 13.2 Å². The standard InChI is InChI=1S/C37H68O5/c1-3-5-7-9-11-13-15-17-18-20-21-23-25-27-29-31-36(39)41-34-35(33-38)42-37(40)32-30-28-26-24-22-19-16-14-12-10-8-6-4-2/h11,13,17-18,35,38H,3-10,12,14-16,19-34H2,1-2H3/b13-11-,18-17-. The van der Waals surface area contributed by atoms with E-state index in [0.29, 0.717) is 12.8 Å². The molecular weight excluding hydrogens is 524 g/mol. The van der Waals surface area contributed by atoms with Crippen LogP contribution < -0.4 is 0 Å².